The van der Waals surface area contributed by atoms with Gasteiger partial charge in [-0.1, -0.05) is 6.07 Å². The molecule has 1 amide bonds. The van der Waals surface area contributed by atoms with Gasteiger partial charge in [0.05, 0.1) is 24.0 Å². The molecule has 2 aromatic rings. The van der Waals surface area contributed by atoms with Crippen molar-refractivity contribution in [3.63, 3.8) is 0 Å². The summed E-state index contributed by atoms with van der Waals surface area (Å²) in [5.74, 6) is -0.321. The molecule has 2 N–H and O–H groups in total. The average molecular weight is 243 g/mol. The normalized spacial score (nSPS) is 10.1. The first-order valence-corrected chi connectivity index (χ1v) is 5.50. The second-order valence-corrected chi connectivity index (χ2v) is 3.88. The number of aryl methyl sites for hydroxylation is 1. The zero-order valence-electron chi connectivity index (χ0n) is 9.92. The van der Waals surface area contributed by atoms with Crippen molar-refractivity contribution in [1.29, 1.82) is 0 Å². The lowest BCUT2D eigenvalue weighted by Gasteiger charge is -2.05. The Bertz CT molecular complexity index is 570. The van der Waals surface area contributed by atoms with Crippen molar-refractivity contribution in [2.75, 3.05) is 0 Å². The Morgan fingerprint density at radius 3 is 2.94 bits per heavy atom. The van der Waals surface area contributed by atoms with Crippen LogP contribution in [0.3, 0.4) is 0 Å². The van der Waals surface area contributed by atoms with Crippen molar-refractivity contribution < 1.29 is 9.90 Å². The Morgan fingerprint density at radius 1 is 1.39 bits per heavy atom. The van der Waals surface area contributed by atoms with E-state index >= 15 is 0 Å². The summed E-state index contributed by atoms with van der Waals surface area (Å²) in [7, 11) is 0. The van der Waals surface area contributed by atoms with Crippen LogP contribution in [0.5, 0.6) is 5.75 Å². The smallest absolute Gasteiger partial charge is 0.253 e. The summed E-state index contributed by atoms with van der Waals surface area (Å²) in [6.45, 7) is 2.24. The lowest BCUT2D eigenvalue weighted by molar-refractivity contribution is 0.0949. The standard InChI is InChI=1S/C13H13N3O2/c1-9-3-2-4-11(16-9)7-15-13(18)10-5-12(17)8-14-6-10/h2-6,8,17H,7H2,1H3,(H,15,18). The molecule has 0 unspecified atom stereocenters. The van der Waals surface area contributed by atoms with Crippen LogP contribution >= 0.6 is 0 Å². The molecular formula is C13H13N3O2. The van der Waals surface area contributed by atoms with Crippen LogP contribution in [0.25, 0.3) is 0 Å². The summed E-state index contributed by atoms with van der Waals surface area (Å²) >= 11 is 0. The predicted molar refractivity (Wildman–Crippen MR) is 66.0 cm³/mol. The van der Waals surface area contributed by atoms with Crippen LogP contribution in [0.1, 0.15) is 21.7 Å². The van der Waals surface area contributed by atoms with E-state index in [1.165, 1.54) is 18.5 Å². The lowest BCUT2D eigenvalue weighted by Crippen LogP contribution is -2.23. The SMILES string of the molecule is Cc1cccc(CNC(=O)c2cncc(O)c2)n1. The van der Waals surface area contributed by atoms with E-state index in [0.717, 1.165) is 11.4 Å². The Balaban J connectivity index is 2.00. The van der Waals surface area contributed by atoms with Crippen LogP contribution in [0.2, 0.25) is 0 Å². The van der Waals surface area contributed by atoms with Gasteiger partial charge < -0.3 is 10.4 Å². The molecule has 0 aliphatic rings. The molecule has 5 heteroatoms. The molecule has 18 heavy (non-hydrogen) atoms. The van der Waals surface area contributed by atoms with Gasteiger partial charge in [-0.3, -0.25) is 14.8 Å². The van der Waals surface area contributed by atoms with Crippen LogP contribution in [0.4, 0.5) is 0 Å². The number of nitrogens with one attached hydrogen (secondary N) is 1. The highest BCUT2D eigenvalue weighted by molar-refractivity contribution is 5.94. The minimum absolute atomic E-state index is 0.0312. The van der Waals surface area contributed by atoms with Crippen LogP contribution in [-0.4, -0.2) is 21.0 Å². The molecule has 2 aromatic heterocycles. The number of pyridine rings is 2. The molecule has 0 fully saturated rings. The van der Waals surface area contributed by atoms with Crippen molar-refractivity contribution in [3.05, 3.63) is 53.6 Å². The molecule has 0 saturated heterocycles. The molecule has 2 rings (SSSR count). The highest BCUT2D eigenvalue weighted by atomic mass is 16.3. The molecule has 92 valence electrons. The molecular weight excluding hydrogens is 230 g/mol. The maximum Gasteiger partial charge on any atom is 0.253 e. The fraction of sp³-hybridized carbons (Fsp3) is 0.154. The number of nitrogens with zero attached hydrogens (tertiary/aromatic N) is 2. The number of hydrogen-bond donors (Lipinski definition) is 2. The Labute approximate surface area is 105 Å². The summed E-state index contributed by atoms with van der Waals surface area (Å²) in [6.07, 6.45) is 2.68. The Hall–Kier alpha value is -2.43. The molecule has 0 aliphatic carbocycles. The summed E-state index contributed by atoms with van der Waals surface area (Å²) in [6, 6.07) is 6.99. The van der Waals surface area contributed by atoms with Gasteiger partial charge in [-0.25, -0.2) is 0 Å². The van der Waals surface area contributed by atoms with Crippen LogP contribution in [0, 0.1) is 6.92 Å². The Kier molecular flexibility index (Phi) is 3.52. The van der Waals surface area contributed by atoms with Gasteiger partial charge in [0.2, 0.25) is 0 Å². The number of carbonyl (C=O) groups is 1. The number of rotatable bonds is 3. The van der Waals surface area contributed by atoms with Gasteiger partial charge >= 0.3 is 0 Å². The van der Waals surface area contributed by atoms with Gasteiger partial charge in [-0.15, -0.1) is 0 Å². The lowest BCUT2D eigenvalue weighted by atomic mass is 10.2. The monoisotopic (exact) mass is 243 g/mol. The summed E-state index contributed by atoms with van der Waals surface area (Å²) in [5, 5.41) is 11.9. The molecule has 0 aromatic carbocycles. The van der Waals surface area contributed by atoms with Gasteiger partial charge in [-0.05, 0) is 25.1 Å². The second-order valence-electron chi connectivity index (χ2n) is 3.88. The highest BCUT2D eigenvalue weighted by Crippen LogP contribution is 2.08. The fourth-order valence-electron chi connectivity index (χ4n) is 1.52. The largest absolute Gasteiger partial charge is 0.506 e. The van der Waals surface area contributed by atoms with E-state index in [1.54, 1.807) is 0 Å². The third-order valence-electron chi connectivity index (χ3n) is 2.36. The predicted octanol–water partition coefficient (Wildman–Crippen LogP) is 1.42. The zero-order valence-corrected chi connectivity index (χ0v) is 9.92. The number of aromatic hydroxyl groups is 1. The third kappa shape index (κ3) is 3.04. The van der Waals surface area contributed by atoms with Crippen molar-refractivity contribution in [1.82, 2.24) is 15.3 Å². The van der Waals surface area contributed by atoms with Crippen molar-refractivity contribution in [2.24, 2.45) is 0 Å². The average Bonchev–Trinajstić information content (AvgIpc) is 2.36. The number of hydrogen-bond acceptors (Lipinski definition) is 4. The maximum absolute atomic E-state index is 11.8. The number of aromatic nitrogens is 2. The van der Waals surface area contributed by atoms with Gasteiger partial charge in [0.15, 0.2) is 0 Å². The molecule has 0 saturated carbocycles. The topological polar surface area (TPSA) is 75.1 Å². The first-order valence-electron chi connectivity index (χ1n) is 5.50. The van der Waals surface area contributed by atoms with Crippen LogP contribution in [0.15, 0.2) is 36.7 Å². The second kappa shape index (κ2) is 5.27. The van der Waals surface area contributed by atoms with Gasteiger partial charge in [-0.2, -0.15) is 0 Å². The molecule has 5 nitrogen and oxygen atoms in total. The molecule has 0 radical (unpaired) electrons. The number of carbonyl (C=O) groups excluding carboxylic acids is 1. The van der Waals surface area contributed by atoms with E-state index < -0.39 is 0 Å². The van der Waals surface area contributed by atoms with E-state index in [4.69, 9.17) is 0 Å². The van der Waals surface area contributed by atoms with Crippen molar-refractivity contribution >= 4 is 5.91 Å². The van der Waals surface area contributed by atoms with Gasteiger partial charge in [0.1, 0.15) is 5.75 Å². The highest BCUT2D eigenvalue weighted by Gasteiger charge is 2.06. The molecule has 0 spiro atoms. The number of amides is 1. The summed E-state index contributed by atoms with van der Waals surface area (Å²) in [5.41, 5.74) is 2.01. The summed E-state index contributed by atoms with van der Waals surface area (Å²) in [4.78, 5) is 19.8. The fourth-order valence-corrected chi connectivity index (χ4v) is 1.52. The van der Waals surface area contributed by atoms with Gasteiger partial charge in [0, 0.05) is 11.9 Å². The maximum atomic E-state index is 11.8. The van der Waals surface area contributed by atoms with E-state index in [-0.39, 0.29) is 11.7 Å². The molecule has 2 heterocycles. The molecule has 0 bridgehead atoms. The quantitative estimate of drug-likeness (QED) is 0.855. The Morgan fingerprint density at radius 2 is 2.22 bits per heavy atom. The van der Waals surface area contributed by atoms with E-state index in [2.05, 4.69) is 15.3 Å². The van der Waals surface area contributed by atoms with E-state index in [1.807, 2.05) is 25.1 Å². The van der Waals surface area contributed by atoms with Crippen LogP contribution in [-0.2, 0) is 6.54 Å². The van der Waals surface area contributed by atoms with E-state index in [0.29, 0.717) is 12.1 Å². The minimum atomic E-state index is -0.290. The van der Waals surface area contributed by atoms with Crippen LogP contribution < -0.4 is 5.32 Å². The molecule has 0 atom stereocenters. The first-order chi connectivity index (χ1) is 8.65. The minimum Gasteiger partial charge on any atom is -0.506 e. The van der Waals surface area contributed by atoms with Crippen molar-refractivity contribution in [3.8, 4) is 5.75 Å². The zero-order chi connectivity index (χ0) is 13.0. The van der Waals surface area contributed by atoms with Crippen molar-refractivity contribution in [2.45, 2.75) is 13.5 Å². The third-order valence-corrected chi connectivity index (χ3v) is 2.36. The summed E-state index contributed by atoms with van der Waals surface area (Å²) < 4.78 is 0. The van der Waals surface area contributed by atoms with Gasteiger partial charge in [0.25, 0.3) is 5.91 Å². The molecule has 0 aliphatic heterocycles. The first kappa shape index (κ1) is 12.0. The van der Waals surface area contributed by atoms with E-state index in [9.17, 15) is 9.90 Å².